The van der Waals surface area contributed by atoms with Gasteiger partial charge >= 0.3 is 21.4 Å². The van der Waals surface area contributed by atoms with E-state index in [2.05, 4.69) is 0 Å². The van der Waals surface area contributed by atoms with Crippen LogP contribution in [0.25, 0.3) is 0 Å². The minimum atomic E-state index is -11.6. The monoisotopic (exact) mass is 380 g/mol. The fraction of sp³-hybridized carbons (Fsp3) is 0.500. The predicted molar refractivity (Wildman–Crippen MR) is 46.2 cm³/mol. The first-order chi connectivity index (χ1) is 6.06. The average molecular weight is 380 g/mol. The van der Waals surface area contributed by atoms with Crippen molar-refractivity contribution in [2.24, 2.45) is 0 Å². The molecule has 0 N–H and O–H groups in total. The summed E-state index contributed by atoms with van der Waals surface area (Å²) >= 11 is 0.897. The van der Waals surface area contributed by atoms with Crippen molar-refractivity contribution in [3.63, 3.8) is 0 Å². The molecule has 0 atom stereocenters. The van der Waals surface area contributed by atoms with E-state index in [1.165, 1.54) is 0 Å². The highest BCUT2D eigenvalue weighted by atomic mass is 127. The van der Waals surface area contributed by atoms with Crippen molar-refractivity contribution < 1.29 is 37.0 Å². The summed E-state index contributed by atoms with van der Waals surface area (Å²) in [5.41, 5.74) is 0. The Morgan fingerprint density at radius 2 is 1.20 bits per heavy atom. The molecule has 0 amide bonds. The fourth-order valence-electron chi connectivity index (χ4n) is 0.433. The van der Waals surface area contributed by atoms with Crippen LogP contribution in [0.3, 0.4) is 0 Å². The van der Waals surface area contributed by atoms with Crippen LogP contribution >= 0.6 is 32.8 Å². The van der Waals surface area contributed by atoms with E-state index in [4.69, 9.17) is 0 Å². The van der Waals surface area contributed by atoms with Gasteiger partial charge in [0.15, 0.2) is 0 Å². The molecule has 0 spiro atoms. The first-order valence-electron chi connectivity index (χ1n) is 2.82. The zero-order valence-electron chi connectivity index (χ0n) is 6.34. The number of hydrogen-bond acceptors (Lipinski definition) is 0. The lowest BCUT2D eigenvalue weighted by molar-refractivity contribution is -0.142. The molecule has 0 saturated carbocycles. The van der Waals surface area contributed by atoms with Gasteiger partial charge in [-0.05, 0) is 10.2 Å². The molecule has 0 unspecified atom stereocenters. The Labute approximate surface area is 91.4 Å². The van der Waals surface area contributed by atoms with Gasteiger partial charge in [-0.15, -0.1) is 0 Å². The van der Waals surface area contributed by atoms with Crippen molar-refractivity contribution in [2.75, 3.05) is 0 Å². The summed E-state index contributed by atoms with van der Waals surface area (Å²) in [5, 5.41) is -7.38. The summed E-state index contributed by atoms with van der Waals surface area (Å²) < 4.78 is 106. The third-order valence-corrected chi connectivity index (χ3v) is 2.75. The van der Waals surface area contributed by atoms with E-state index < -0.39 is 27.5 Å². The number of allylic oxidation sites excluding steroid dienone is 1. The standard InChI is InChI=1S/C4H2F9IS/c5-3(6,1-2-14)4(7,8)15(9,10,11,12)13/h1-2H/b2-1-. The summed E-state index contributed by atoms with van der Waals surface area (Å²) in [5.74, 6) is -5.99. The highest BCUT2D eigenvalue weighted by Crippen LogP contribution is 3.05. The highest BCUT2D eigenvalue weighted by Gasteiger charge is 2.90. The molecule has 0 rings (SSSR count). The van der Waals surface area contributed by atoms with Crippen molar-refractivity contribution in [3.8, 4) is 0 Å². The van der Waals surface area contributed by atoms with E-state index >= 15 is 0 Å². The second-order valence-electron chi connectivity index (χ2n) is 2.40. The largest absolute Gasteiger partial charge is 0.447 e. The minimum absolute atomic E-state index is 0.0924. The van der Waals surface area contributed by atoms with E-state index in [1.807, 2.05) is 0 Å². The molecule has 0 heterocycles. The fourth-order valence-corrected chi connectivity index (χ4v) is 1.47. The molecule has 0 aliphatic rings. The van der Waals surface area contributed by atoms with Crippen molar-refractivity contribution >= 4 is 32.8 Å². The van der Waals surface area contributed by atoms with E-state index in [9.17, 15) is 37.0 Å². The molecule has 0 aromatic heterocycles. The first-order valence-corrected chi connectivity index (χ1v) is 6.02. The van der Waals surface area contributed by atoms with Crippen molar-refractivity contribution in [1.29, 1.82) is 0 Å². The Kier molecular flexibility index (Phi) is 2.93. The summed E-state index contributed by atoms with van der Waals surface area (Å²) in [4.78, 5) is 0. The molecular weight excluding hydrogens is 378 g/mol. The smallest absolute Gasteiger partial charge is 0.193 e. The maximum absolute atomic E-state index is 12.2. The molecule has 15 heavy (non-hydrogen) atoms. The van der Waals surface area contributed by atoms with Gasteiger partial charge in [0.2, 0.25) is 0 Å². The topological polar surface area (TPSA) is 0 Å². The third kappa shape index (κ3) is 2.65. The van der Waals surface area contributed by atoms with Crippen LogP contribution in [0.5, 0.6) is 0 Å². The van der Waals surface area contributed by atoms with Crippen molar-refractivity contribution in [1.82, 2.24) is 0 Å². The Balaban J connectivity index is 5.76. The Bertz CT molecular complexity index is 285. The normalized spacial score (nSPS) is 20.1. The Hall–Kier alpha value is 0.190. The van der Waals surface area contributed by atoms with Crippen LogP contribution in [0.2, 0.25) is 0 Å². The van der Waals surface area contributed by atoms with Gasteiger partial charge in [0, 0.05) is 0 Å². The molecule has 0 bridgehead atoms. The summed E-state index contributed by atoms with van der Waals surface area (Å²) in [6.45, 7) is 0. The molecule has 0 aliphatic carbocycles. The zero-order valence-corrected chi connectivity index (χ0v) is 9.32. The third-order valence-electron chi connectivity index (χ3n) is 1.14. The van der Waals surface area contributed by atoms with E-state index in [1.54, 1.807) is 0 Å². The first kappa shape index (κ1) is 15.2. The van der Waals surface area contributed by atoms with Crippen LogP contribution < -0.4 is 0 Å². The van der Waals surface area contributed by atoms with Crippen LogP contribution in [-0.4, -0.2) is 11.2 Å². The Morgan fingerprint density at radius 1 is 0.867 bits per heavy atom. The number of hydrogen-bond donors (Lipinski definition) is 0. The molecular formula is C4H2F9IS. The van der Waals surface area contributed by atoms with Gasteiger partial charge < -0.3 is 0 Å². The SMILES string of the molecule is FC(F)(/C=C\I)C(F)(F)S(F)(F)(F)(F)F. The maximum Gasteiger partial charge on any atom is 0.447 e. The molecule has 0 aromatic carbocycles. The highest BCUT2D eigenvalue weighted by molar-refractivity contribution is 14.1. The van der Waals surface area contributed by atoms with E-state index in [0.717, 1.165) is 22.6 Å². The number of alkyl halides is 4. The molecule has 94 valence electrons. The van der Waals surface area contributed by atoms with Gasteiger partial charge in [-0.25, -0.2) is 0 Å². The van der Waals surface area contributed by atoms with Crippen molar-refractivity contribution in [2.45, 2.75) is 11.2 Å². The van der Waals surface area contributed by atoms with Gasteiger partial charge in [-0.3, -0.25) is 0 Å². The second kappa shape index (κ2) is 2.90. The van der Waals surface area contributed by atoms with E-state index in [-0.39, 0.29) is 4.08 Å². The molecule has 0 aromatic rings. The molecule has 11 heteroatoms. The van der Waals surface area contributed by atoms with Gasteiger partial charge in [-0.1, -0.05) is 42.0 Å². The Morgan fingerprint density at radius 3 is 1.40 bits per heavy atom. The van der Waals surface area contributed by atoms with E-state index in [0.29, 0.717) is 0 Å². The lowest BCUT2D eigenvalue weighted by Gasteiger charge is -2.47. The van der Waals surface area contributed by atoms with Crippen LogP contribution in [-0.2, 0) is 0 Å². The van der Waals surface area contributed by atoms with Crippen LogP contribution in [0.15, 0.2) is 10.2 Å². The van der Waals surface area contributed by atoms with Gasteiger partial charge in [0.05, 0.1) is 0 Å². The predicted octanol–water partition coefficient (Wildman–Crippen LogP) is 5.46. The molecule has 0 nitrogen and oxygen atoms in total. The summed E-state index contributed by atoms with van der Waals surface area (Å²) in [6.07, 6.45) is -0.939. The summed E-state index contributed by atoms with van der Waals surface area (Å²) in [7, 11) is -11.6. The molecule has 0 radical (unpaired) electrons. The lowest BCUT2D eigenvalue weighted by atomic mass is 10.3. The molecule has 0 saturated heterocycles. The average Bonchev–Trinajstić information content (AvgIpc) is 1.80. The summed E-state index contributed by atoms with van der Waals surface area (Å²) in [6, 6.07) is 0. The number of halogens is 10. The van der Waals surface area contributed by atoms with Gasteiger partial charge in [0.1, 0.15) is 0 Å². The molecule has 0 fully saturated rings. The quantitative estimate of drug-likeness (QED) is 0.451. The number of rotatable bonds is 3. The van der Waals surface area contributed by atoms with Crippen LogP contribution in [0, 0.1) is 0 Å². The van der Waals surface area contributed by atoms with Crippen molar-refractivity contribution in [3.05, 3.63) is 10.2 Å². The second-order valence-corrected chi connectivity index (χ2v) is 5.57. The minimum Gasteiger partial charge on any atom is -0.193 e. The maximum atomic E-state index is 12.2. The van der Waals surface area contributed by atoms with Crippen LogP contribution in [0.1, 0.15) is 0 Å². The van der Waals surface area contributed by atoms with Gasteiger partial charge in [-0.2, -0.15) is 17.6 Å². The lowest BCUT2D eigenvalue weighted by Crippen LogP contribution is -2.47. The zero-order chi connectivity index (χ0) is 12.8. The van der Waals surface area contributed by atoms with Gasteiger partial charge in [0.25, 0.3) is 0 Å². The molecule has 0 aliphatic heterocycles. The van der Waals surface area contributed by atoms with Crippen LogP contribution in [0.4, 0.5) is 37.0 Å².